The van der Waals surface area contributed by atoms with Crippen LogP contribution in [0.15, 0.2) is 24.3 Å². The summed E-state index contributed by atoms with van der Waals surface area (Å²) in [6, 6.07) is 6.88. The van der Waals surface area contributed by atoms with Crippen LogP contribution in [0.25, 0.3) is 0 Å². The van der Waals surface area contributed by atoms with Gasteiger partial charge in [-0.05, 0) is 30.5 Å². The summed E-state index contributed by atoms with van der Waals surface area (Å²) in [6.07, 6.45) is 1.41. The maximum Gasteiger partial charge on any atom is 0.224 e. The molecule has 1 atom stereocenters. The number of amides is 1. The Kier molecular flexibility index (Phi) is 7.70. The van der Waals surface area contributed by atoms with Crippen LogP contribution >= 0.6 is 11.6 Å². The maximum atomic E-state index is 12.8. The first-order chi connectivity index (χ1) is 13.4. The second kappa shape index (κ2) is 10.0. The molecule has 0 unspecified atom stereocenters. The third-order valence-electron chi connectivity index (χ3n) is 5.22. The fourth-order valence-corrected chi connectivity index (χ4v) is 5.45. The Labute approximate surface area is 172 Å². The highest BCUT2D eigenvalue weighted by Gasteiger charge is 2.32. The predicted octanol–water partition coefficient (Wildman–Crippen LogP) is 1.33. The number of piperidine rings is 1. The molecule has 0 radical (unpaired) electrons. The standard InChI is InChI=1S/C19H28ClN3O4S/c20-18-5-1-3-16(13-18)15-28(25,26)23-7-2-4-17(14-23)19(24)21-6-8-22-9-11-27-12-10-22/h1,3,5,13,17H,2,4,6-12,14-15H2,(H,21,24)/t17-/m0/s1. The van der Waals surface area contributed by atoms with E-state index in [1.807, 2.05) is 0 Å². The van der Waals surface area contributed by atoms with Crippen LogP contribution in [-0.2, 0) is 25.3 Å². The molecule has 156 valence electrons. The van der Waals surface area contributed by atoms with Gasteiger partial charge < -0.3 is 10.1 Å². The summed E-state index contributed by atoms with van der Waals surface area (Å²) in [6.45, 7) is 5.30. The zero-order chi connectivity index (χ0) is 20.0. The Balaban J connectivity index is 1.50. The number of rotatable bonds is 7. The number of nitrogens with one attached hydrogen (secondary N) is 1. The van der Waals surface area contributed by atoms with Gasteiger partial charge in [-0.2, -0.15) is 0 Å². The molecule has 0 bridgehead atoms. The zero-order valence-electron chi connectivity index (χ0n) is 16.0. The smallest absolute Gasteiger partial charge is 0.224 e. The molecule has 28 heavy (non-hydrogen) atoms. The number of hydrogen-bond donors (Lipinski definition) is 1. The zero-order valence-corrected chi connectivity index (χ0v) is 17.6. The van der Waals surface area contributed by atoms with Crippen LogP contribution in [0.1, 0.15) is 18.4 Å². The van der Waals surface area contributed by atoms with Crippen molar-refractivity contribution in [2.24, 2.45) is 5.92 Å². The van der Waals surface area contributed by atoms with Gasteiger partial charge in [-0.1, -0.05) is 23.7 Å². The lowest BCUT2D eigenvalue weighted by Crippen LogP contribution is -2.47. The van der Waals surface area contributed by atoms with E-state index in [1.54, 1.807) is 24.3 Å². The first-order valence-electron chi connectivity index (χ1n) is 9.74. The Morgan fingerprint density at radius 2 is 2.04 bits per heavy atom. The maximum absolute atomic E-state index is 12.8. The molecule has 2 aliphatic heterocycles. The number of nitrogens with zero attached hydrogens (tertiary/aromatic N) is 2. The summed E-state index contributed by atoms with van der Waals surface area (Å²) >= 11 is 5.96. The number of carbonyl (C=O) groups excluding carboxylic acids is 1. The predicted molar refractivity (Wildman–Crippen MR) is 109 cm³/mol. The number of halogens is 1. The average molecular weight is 430 g/mol. The van der Waals surface area contributed by atoms with Gasteiger partial charge >= 0.3 is 0 Å². The van der Waals surface area contributed by atoms with Crippen LogP contribution in [0.4, 0.5) is 0 Å². The minimum atomic E-state index is -3.48. The minimum Gasteiger partial charge on any atom is -0.379 e. The molecule has 3 rings (SSSR count). The van der Waals surface area contributed by atoms with Crippen LogP contribution < -0.4 is 5.32 Å². The van der Waals surface area contributed by atoms with E-state index in [1.165, 1.54) is 4.31 Å². The first kappa shape index (κ1) is 21.5. The number of carbonyl (C=O) groups is 1. The van der Waals surface area contributed by atoms with E-state index in [2.05, 4.69) is 10.2 Å². The molecule has 7 nitrogen and oxygen atoms in total. The number of ether oxygens (including phenoxy) is 1. The van der Waals surface area contributed by atoms with E-state index in [9.17, 15) is 13.2 Å². The average Bonchev–Trinajstić information content (AvgIpc) is 2.68. The second-order valence-electron chi connectivity index (χ2n) is 7.33. The molecular formula is C19H28ClN3O4S. The van der Waals surface area contributed by atoms with Gasteiger partial charge in [0.05, 0.1) is 24.9 Å². The molecule has 0 saturated carbocycles. The van der Waals surface area contributed by atoms with Crippen LogP contribution in [0.5, 0.6) is 0 Å². The van der Waals surface area contributed by atoms with Gasteiger partial charge in [0.25, 0.3) is 0 Å². The SMILES string of the molecule is O=C(NCCN1CCOCC1)[C@H]1CCCN(S(=O)(=O)Cc2cccc(Cl)c2)C1. The van der Waals surface area contributed by atoms with Crippen molar-refractivity contribution >= 4 is 27.5 Å². The lowest BCUT2D eigenvalue weighted by atomic mass is 9.99. The van der Waals surface area contributed by atoms with Gasteiger partial charge in [0.1, 0.15) is 0 Å². The van der Waals surface area contributed by atoms with Gasteiger partial charge in [-0.25, -0.2) is 12.7 Å². The molecule has 1 aromatic carbocycles. The van der Waals surface area contributed by atoms with Crippen LogP contribution in [-0.4, -0.2) is 76.0 Å². The monoisotopic (exact) mass is 429 g/mol. The molecule has 9 heteroatoms. The lowest BCUT2D eigenvalue weighted by Gasteiger charge is -2.31. The lowest BCUT2D eigenvalue weighted by molar-refractivity contribution is -0.126. The van der Waals surface area contributed by atoms with Gasteiger partial charge in [0, 0.05) is 44.3 Å². The highest BCUT2D eigenvalue weighted by Crippen LogP contribution is 2.22. The fraction of sp³-hybridized carbons (Fsp3) is 0.632. The van der Waals surface area contributed by atoms with E-state index in [0.29, 0.717) is 36.5 Å². The minimum absolute atomic E-state index is 0.0593. The largest absolute Gasteiger partial charge is 0.379 e. The fourth-order valence-electron chi connectivity index (χ4n) is 3.64. The molecular weight excluding hydrogens is 402 g/mol. The highest BCUT2D eigenvalue weighted by molar-refractivity contribution is 7.88. The van der Waals surface area contributed by atoms with Crippen LogP contribution in [0, 0.1) is 5.92 Å². The van der Waals surface area contributed by atoms with E-state index in [4.69, 9.17) is 16.3 Å². The van der Waals surface area contributed by atoms with Crippen molar-refractivity contribution in [3.8, 4) is 0 Å². The van der Waals surface area contributed by atoms with Crippen molar-refractivity contribution in [1.82, 2.24) is 14.5 Å². The quantitative estimate of drug-likeness (QED) is 0.707. The van der Waals surface area contributed by atoms with Gasteiger partial charge in [0.15, 0.2) is 0 Å². The van der Waals surface area contributed by atoms with Crippen molar-refractivity contribution in [3.05, 3.63) is 34.9 Å². The molecule has 2 fully saturated rings. The molecule has 2 saturated heterocycles. The molecule has 0 aliphatic carbocycles. The van der Waals surface area contributed by atoms with Gasteiger partial charge in [-0.3, -0.25) is 9.69 Å². The van der Waals surface area contributed by atoms with Crippen molar-refractivity contribution in [2.75, 3.05) is 52.5 Å². The topological polar surface area (TPSA) is 79.0 Å². The molecule has 1 N–H and O–H groups in total. The van der Waals surface area contributed by atoms with Gasteiger partial charge in [0.2, 0.25) is 15.9 Å². The Hall–Kier alpha value is -1.19. The van der Waals surface area contributed by atoms with Crippen LogP contribution in [0.2, 0.25) is 5.02 Å². The Morgan fingerprint density at radius 3 is 2.79 bits per heavy atom. The summed E-state index contributed by atoms with van der Waals surface area (Å²) in [7, 11) is -3.48. The second-order valence-corrected chi connectivity index (χ2v) is 9.73. The molecule has 1 aromatic rings. The number of morpholine rings is 1. The normalized spacial score (nSPS) is 22.1. The number of hydrogen-bond acceptors (Lipinski definition) is 5. The Morgan fingerprint density at radius 1 is 1.25 bits per heavy atom. The Bertz CT molecular complexity index is 768. The highest BCUT2D eigenvalue weighted by atomic mass is 35.5. The molecule has 0 aromatic heterocycles. The molecule has 1 amide bonds. The summed E-state index contributed by atoms with van der Waals surface area (Å²) in [5.74, 6) is -0.456. The van der Waals surface area contributed by atoms with E-state index in [0.717, 1.165) is 32.8 Å². The molecule has 2 aliphatic rings. The van der Waals surface area contributed by atoms with Crippen molar-refractivity contribution in [2.45, 2.75) is 18.6 Å². The van der Waals surface area contributed by atoms with Crippen molar-refractivity contribution in [1.29, 1.82) is 0 Å². The summed E-state index contributed by atoms with van der Waals surface area (Å²) in [4.78, 5) is 14.8. The molecule has 0 spiro atoms. The van der Waals surface area contributed by atoms with E-state index < -0.39 is 10.0 Å². The van der Waals surface area contributed by atoms with E-state index >= 15 is 0 Å². The summed E-state index contributed by atoms with van der Waals surface area (Å²) in [5.41, 5.74) is 0.657. The van der Waals surface area contributed by atoms with E-state index in [-0.39, 0.29) is 24.1 Å². The van der Waals surface area contributed by atoms with Crippen molar-refractivity contribution in [3.63, 3.8) is 0 Å². The number of benzene rings is 1. The molecule has 2 heterocycles. The first-order valence-corrected chi connectivity index (χ1v) is 11.7. The van der Waals surface area contributed by atoms with Crippen LogP contribution in [0.3, 0.4) is 0 Å². The summed E-state index contributed by atoms with van der Waals surface area (Å²) in [5, 5.41) is 3.49. The van der Waals surface area contributed by atoms with Gasteiger partial charge in [-0.15, -0.1) is 0 Å². The third kappa shape index (κ3) is 6.15. The van der Waals surface area contributed by atoms with Crippen molar-refractivity contribution < 1.29 is 17.9 Å². The third-order valence-corrected chi connectivity index (χ3v) is 7.27. The number of sulfonamides is 1. The summed E-state index contributed by atoms with van der Waals surface area (Å²) < 4.78 is 32.3.